The molecule has 2 rings (SSSR count). The van der Waals surface area contributed by atoms with Crippen molar-refractivity contribution < 1.29 is 31.5 Å². The molecule has 2 heterocycles. The highest BCUT2D eigenvalue weighted by Crippen LogP contribution is 2.35. The van der Waals surface area contributed by atoms with E-state index in [1.54, 1.807) is 13.8 Å². The first-order valence-electron chi connectivity index (χ1n) is 6.49. The van der Waals surface area contributed by atoms with E-state index in [0.29, 0.717) is 6.61 Å². The second-order valence-electron chi connectivity index (χ2n) is 5.99. The largest absolute Gasteiger partial charge is 0.348 e. The molecule has 3 atom stereocenters. The molecule has 2 aliphatic heterocycles. The lowest BCUT2D eigenvalue weighted by atomic mass is 10.1. The maximum absolute atomic E-state index is 11.1. The zero-order valence-electron chi connectivity index (χ0n) is 12.4. The van der Waals surface area contributed by atoms with Gasteiger partial charge in [0.15, 0.2) is 11.6 Å². The Morgan fingerprint density at radius 3 is 2.25 bits per heavy atom. The molecular formula is C12H22O7S. The second kappa shape index (κ2) is 5.19. The molecular weight excluding hydrogens is 288 g/mol. The van der Waals surface area contributed by atoms with Crippen molar-refractivity contribution >= 4 is 10.1 Å². The maximum Gasteiger partial charge on any atom is 0.264 e. The molecule has 0 aliphatic carbocycles. The molecule has 3 unspecified atom stereocenters. The molecule has 0 aromatic carbocycles. The van der Waals surface area contributed by atoms with E-state index in [9.17, 15) is 8.42 Å². The zero-order valence-corrected chi connectivity index (χ0v) is 13.2. The predicted molar refractivity (Wildman–Crippen MR) is 69.5 cm³/mol. The standard InChI is InChI=1S/C12H22O7S/c1-11(2)15-6-8(17-11)10-9(7-16-20(5,13)14)18-12(3,4)19-10/h8-10H,6-7H2,1-5H3. The third-order valence-electron chi connectivity index (χ3n) is 3.06. The summed E-state index contributed by atoms with van der Waals surface area (Å²) < 4.78 is 49.8. The summed E-state index contributed by atoms with van der Waals surface area (Å²) in [7, 11) is -3.53. The third-order valence-corrected chi connectivity index (χ3v) is 3.63. The van der Waals surface area contributed by atoms with Gasteiger partial charge >= 0.3 is 0 Å². The number of hydrogen-bond donors (Lipinski definition) is 0. The summed E-state index contributed by atoms with van der Waals surface area (Å²) in [6.07, 6.45) is -0.281. The summed E-state index contributed by atoms with van der Waals surface area (Å²) >= 11 is 0. The van der Waals surface area contributed by atoms with E-state index in [0.717, 1.165) is 6.26 Å². The molecule has 0 aromatic rings. The van der Waals surface area contributed by atoms with Crippen molar-refractivity contribution in [2.24, 2.45) is 0 Å². The number of ether oxygens (including phenoxy) is 4. The second-order valence-corrected chi connectivity index (χ2v) is 7.64. The number of rotatable bonds is 4. The van der Waals surface area contributed by atoms with Gasteiger partial charge in [-0.3, -0.25) is 4.18 Å². The first-order valence-corrected chi connectivity index (χ1v) is 8.31. The maximum atomic E-state index is 11.1. The van der Waals surface area contributed by atoms with Crippen LogP contribution >= 0.6 is 0 Å². The van der Waals surface area contributed by atoms with Gasteiger partial charge in [0.05, 0.1) is 19.5 Å². The minimum atomic E-state index is -3.53. The van der Waals surface area contributed by atoms with Crippen molar-refractivity contribution in [1.82, 2.24) is 0 Å². The Bertz CT molecular complexity index is 456. The summed E-state index contributed by atoms with van der Waals surface area (Å²) in [4.78, 5) is 0. The summed E-state index contributed by atoms with van der Waals surface area (Å²) in [6.45, 7) is 7.43. The van der Waals surface area contributed by atoms with Crippen LogP contribution in [0.1, 0.15) is 27.7 Å². The Morgan fingerprint density at radius 2 is 1.75 bits per heavy atom. The highest BCUT2D eigenvalue weighted by Gasteiger charge is 2.50. The molecule has 0 saturated carbocycles. The van der Waals surface area contributed by atoms with Crippen molar-refractivity contribution in [1.29, 1.82) is 0 Å². The highest BCUT2D eigenvalue weighted by atomic mass is 32.2. The van der Waals surface area contributed by atoms with Crippen LogP contribution in [-0.2, 0) is 33.2 Å². The van der Waals surface area contributed by atoms with Crippen LogP contribution in [0.5, 0.6) is 0 Å². The molecule has 0 spiro atoms. The smallest absolute Gasteiger partial charge is 0.264 e. The molecule has 7 nitrogen and oxygen atoms in total. The lowest BCUT2D eigenvalue weighted by Crippen LogP contribution is -2.40. The molecule has 0 amide bonds. The third kappa shape index (κ3) is 4.12. The molecule has 8 heteroatoms. The summed E-state index contributed by atoms with van der Waals surface area (Å²) in [6, 6.07) is 0. The van der Waals surface area contributed by atoms with Crippen molar-refractivity contribution in [3.05, 3.63) is 0 Å². The normalized spacial score (nSPS) is 36.4. The van der Waals surface area contributed by atoms with Gasteiger partial charge in [-0.1, -0.05) is 0 Å². The predicted octanol–water partition coefficient (Wildman–Crippen LogP) is 0.634. The Hall–Kier alpha value is -0.250. The van der Waals surface area contributed by atoms with E-state index in [1.807, 2.05) is 13.8 Å². The van der Waals surface area contributed by atoms with Gasteiger partial charge in [-0.25, -0.2) is 0 Å². The zero-order chi connectivity index (χ0) is 15.2. The van der Waals surface area contributed by atoms with Crippen LogP contribution in [0.25, 0.3) is 0 Å². The lowest BCUT2D eigenvalue weighted by Gasteiger charge is -2.23. The van der Waals surface area contributed by atoms with Crippen molar-refractivity contribution in [3.63, 3.8) is 0 Å². The Labute approximate surface area is 119 Å². The lowest BCUT2D eigenvalue weighted by molar-refractivity contribution is -0.174. The monoisotopic (exact) mass is 310 g/mol. The van der Waals surface area contributed by atoms with Crippen molar-refractivity contribution in [2.75, 3.05) is 19.5 Å². The summed E-state index contributed by atoms with van der Waals surface area (Å²) in [5.41, 5.74) is 0. The van der Waals surface area contributed by atoms with E-state index in [-0.39, 0.29) is 12.7 Å². The van der Waals surface area contributed by atoms with Crippen molar-refractivity contribution in [3.8, 4) is 0 Å². The fourth-order valence-electron chi connectivity index (χ4n) is 2.38. The Balaban J connectivity index is 2.05. The fourth-order valence-corrected chi connectivity index (χ4v) is 2.76. The fraction of sp³-hybridized carbons (Fsp3) is 1.00. The molecule has 2 saturated heterocycles. The average molecular weight is 310 g/mol. The van der Waals surface area contributed by atoms with Crippen LogP contribution in [0, 0.1) is 0 Å². The van der Waals surface area contributed by atoms with Crippen LogP contribution in [0.2, 0.25) is 0 Å². The SMILES string of the molecule is CC1(C)OCC(C2OC(C)(C)OC2COS(C)(=O)=O)O1. The van der Waals surface area contributed by atoms with Crippen LogP contribution in [0.15, 0.2) is 0 Å². The number of hydrogen-bond acceptors (Lipinski definition) is 7. The van der Waals surface area contributed by atoms with Crippen LogP contribution in [-0.4, -0.2) is 57.8 Å². The molecule has 20 heavy (non-hydrogen) atoms. The highest BCUT2D eigenvalue weighted by molar-refractivity contribution is 7.85. The quantitative estimate of drug-likeness (QED) is 0.705. The van der Waals surface area contributed by atoms with Gasteiger partial charge in [0, 0.05) is 0 Å². The topological polar surface area (TPSA) is 80.3 Å². The van der Waals surface area contributed by atoms with E-state index in [1.165, 1.54) is 0 Å². The summed E-state index contributed by atoms with van der Waals surface area (Å²) in [5.74, 6) is -1.49. The molecule has 2 aliphatic rings. The Kier molecular flexibility index (Phi) is 4.18. The minimum absolute atomic E-state index is 0.104. The van der Waals surface area contributed by atoms with E-state index in [4.69, 9.17) is 23.1 Å². The van der Waals surface area contributed by atoms with Gasteiger partial charge in [0.25, 0.3) is 10.1 Å². The molecule has 118 valence electrons. The van der Waals surface area contributed by atoms with Crippen LogP contribution < -0.4 is 0 Å². The van der Waals surface area contributed by atoms with Crippen molar-refractivity contribution in [2.45, 2.75) is 57.6 Å². The van der Waals surface area contributed by atoms with Gasteiger partial charge in [0.2, 0.25) is 0 Å². The van der Waals surface area contributed by atoms with Crippen LogP contribution in [0.4, 0.5) is 0 Å². The van der Waals surface area contributed by atoms with E-state index in [2.05, 4.69) is 0 Å². The molecule has 0 radical (unpaired) electrons. The Morgan fingerprint density at radius 1 is 1.10 bits per heavy atom. The van der Waals surface area contributed by atoms with Gasteiger partial charge in [0.1, 0.15) is 18.3 Å². The first-order chi connectivity index (χ1) is 8.98. The van der Waals surface area contributed by atoms with Crippen LogP contribution in [0.3, 0.4) is 0 Å². The average Bonchev–Trinajstić information content (AvgIpc) is 2.74. The van der Waals surface area contributed by atoms with Gasteiger partial charge in [-0.05, 0) is 27.7 Å². The van der Waals surface area contributed by atoms with E-state index >= 15 is 0 Å². The van der Waals surface area contributed by atoms with E-state index < -0.39 is 33.9 Å². The van der Waals surface area contributed by atoms with Gasteiger partial charge in [-0.15, -0.1) is 0 Å². The minimum Gasteiger partial charge on any atom is -0.348 e. The summed E-state index contributed by atoms with van der Waals surface area (Å²) in [5, 5.41) is 0. The molecule has 0 bridgehead atoms. The first kappa shape index (κ1) is 16.1. The molecule has 2 fully saturated rings. The van der Waals surface area contributed by atoms with Gasteiger partial charge in [-0.2, -0.15) is 8.42 Å². The molecule has 0 aromatic heterocycles. The molecule has 0 N–H and O–H groups in total. The van der Waals surface area contributed by atoms with Gasteiger partial charge < -0.3 is 18.9 Å².